The van der Waals surface area contributed by atoms with Crippen molar-refractivity contribution in [1.82, 2.24) is 10.2 Å². The molecule has 0 unspecified atom stereocenters. The van der Waals surface area contributed by atoms with Gasteiger partial charge in [-0.15, -0.1) is 10.2 Å². The fourth-order valence-corrected chi connectivity index (χ4v) is 4.86. The van der Waals surface area contributed by atoms with Crippen LogP contribution in [0.1, 0.15) is 5.56 Å². The highest BCUT2D eigenvalue weighted by atomic mass is 32.2. The Labute approximate surface area is 199 Å². The summed E-state index contributed by atoms with van der Waals surface area (Å²) >= 11 is 0.651. The average Bonchev–Trinajstić information content (AvgIpc) is 3.27. The van der Waals surface area contributed by atoms with E-state index < -0.39 is 25.9 Å². The van der Waals surface area contributed by atoms with Gasteiger partial charge < -0.3 is 8.92 Å². The Morgan fingerprint density at radius 3 is 2.18 bits per heavy atom. The molecule has 1 N–H and O–H groups in total. The van der Waals surface area contributed by atoms with Crippen molar-refractivity contribution < 1.29 is 30.6 Å². The average molecular weight is 521 g/mol. The zero-order valence-corrected chi connectivity index (χ0v) is 20.1. The van der Waals surface area contributed by atoms with E-state index in [0.717, 1.165) is 6.26 Å². The van der Waals surface area contributed by atoms with Gasteiger partial charge in [0.2, 0.25) is 19.3 Å². The zero-order chi connectivity index (χ0) is 24.9. The van der Waals surface area contributed by atoms with Gasteiger partial charge in [0.1, 0.15) is 28.0 Å². The van der Waals surface area contributed by atoms with Crippen LogP contribution in [-0.2, 0) is 24.7 Å². The summed E-state index contributed by atoms with van der Waals surface area (Å²) in [7, 11) is -6.19. The lowest BCUT2D eigenvalue weighted by Crippen LogP contribution is -2.13. The first-order valence-electron chi connectivity index (χ1n) is 9.17. The standard InChI is InChI=1S/C20H16N4O7S3/c1-30-15-7-9-17(10-8-15)34(28,29)31-16-5-3-13(4-6-16)11-14(12-21)18(25)22-19-23-24-20(32-19)33(2,26)27/h3-11H,1-2H3,(H,22,23,25)/b14-11-. The van der Waals surface area contributed by atoms with Crippen molar-refractivity contribution >= 4 is 48.4 Å². The second kappa shape index (κ2) is 10.00. The molecule has 1 heterocycles. The number of ether oxygens (including phenoxy) is 1. The summed E-state index contributed by atoms with van der Waals surface area (Å²) in [6, 6.07) is 13.0. The maximum Gasteiger partial charge on any atom is 0.339 e. The minimum Gasteiger partial charge on any atom is -0.497 e. The number of hydrogen-bond acceptors (Lipinski definition) is 11. The Morgan fingerprint density at radius 2 is 1.65 bits per heavy atom. The van der Waals surface area contributed by atoms with Crippen LogP contribution in [0.15, 0.2) is 63.3 Å². The lowest BCUT2D eigenvalue weighted by atomic mass is 10.1. The number of benzene rings is 2. The quantitative estimate of drug-likeness (QED) is 0.201. The fraction of sp³-hybridized carbons (Fsp3) is 0.100. The van der Waals surface area contributed by atoms with Gasteiger partial charge in [0.15, 0.2) is 0 Å². The monoisotopic (exact) mass is 520 g/mol. The van der Waals surface area contributed by atoms with Crippen LogP contribution in [0.4, 0.5) is 5.13 Å². The lowest BCUT2D eigenvalue weighted by molar-refractivity contribution is -0.112. The van der Waals surface area contributed by atoms with Gasteiger partial charge in [0, 0.05) is 6.26 Å². The second-order valence-corrected chi connectivity index (χ2v) is 11.3. The molecule has 0 aliphatic heterocycles. The van der Waals surface area contributed by atoms with Gasteiger partial charge in [-0.3, -0.25) is 10.1 Å². The summed E-state index contributed by atoms with van der Waals surface area (Å²) in [5.41, 5.74) is 0.116. The summed E-state index contributed by atoms with van der Waals surface area (Å²) in [6.07, 6.45) is 2.21. The van der Waals surface area contributed by atoms with Gasteiger partial charge in [-0.2, -0.15) is 13.7 Å². The Balaban J connectivity index is 1.72. The second-order valence-electron chi connectivity index (χ2n) is 6.55. The van der Waals surface area contributed by atoms with E-state index >= 15 is 0 Å². The molecule has 0 aliphatic rings. The van der Waals surface area contributed by atoms with Crippen LogP contribution in [0.5, 0.6) is 11.5 Å². The summed E-state index contributed by atoms with van der Waals surface area (Å²) in [4.78, 5) is 12.3. The Bertz CT molecular complexity index is 1490. The molecule has 34 heavy (non-hydrogen) atoms. The maximum atomic E-state index is 12.4. The third kappa shape index (κ3) is 6.16. The fourth-order valence-electron chi connectivity index (χ4n) is 2.43. The normalized spacial score (nSPS) is 12.0. The van der Waals surface area contributed by atoms with E-state index in [1.807, 2.05) is 0 Å². The number of hydrogen-bond donors (Lipinski definition) is 1. The smallest absolute Gasteiger partial charge is 0.339 e. The molecular formula is C20H16N4O7S3. The lowest BCUT2D eigenvalue weighted by Gasteiger charge is -2.08. The topological polar surface area (TPSA) is 165 Å². The predicted molar refractivity (Wildman–Crippen MR) is 122 cm³/mol. The van der Waals surface area contributed by atoms with Crippen molar-refractivity contribution in [2.24, 2.45) is 0 Å². The van der Waals surface area contributed by atoms with Crippen LogP contribution in [0.25, 0.3) is 6.08 Å². The van der Waals surface area contributed by atoms with E-state index in [-0.39, 0.29) is 25.7 Å². The molecule has 11 nitrogen and oxygen atoms in total. The molecule has 0 saturated heterocycles. The number of nitrogens with one attached hydrogen (secondary N) is 1. The van der Waals surface area contributed by atoms with Crippen molar-refractivity contribution in [1.29, 1.82) is 5.26 Å². The zero-order valence-electron chi connectivity index (χ0n) is 17.6. The maximum absolute atomic E-state index is 12.4. The highest BCUT2D eigenvalue weighted by Gasteiger charge is 2.18. The Hall–Kier alpha value is -3.80. The Kier molecular flexibility index (Phi) is 7.30. The number of amides is 1. The molecular weight excluding hydrogens is 504 g/mol. The number of aromatic nitrogens is 2. The number of carbonyl (C=O) groups is 1. The van der Waals surface area contributed by atoms with E-state index in [4.69, 9.17) is 8.92 Å². The molecule has 0 bridgehead atoms. The van der Waals surface area contributed by atoms with Gasteiger partial charge in [-0.05, 0) is 48.0 Å². The van der Waals surface area contributed by atoms with Crippen molar-refractivity contribution in [2.75, 3.05) is 18.7 Å². The van der Waals surface area contributed by atoms with Crippen molar-refractivity contribution in [3.8, 4) is 17.6 Å². The minimum atomic E-state index is -4.08. The molecule has 0 radical (unpaired) electrons. The molecule has 2 aromatic carbocycles. The van der Waals surface area contributed by atoms with E-state index in [1.54, 1.807) is 6.07 Å². The molecule has 1 aromatic heterocycles. The molecule has 0 aliphatic carbocycles. The highest BCUT2D eigenvalue weighted by molar-refractivity contribution is 7.92. The van der Waals surface area contributed by atoms with Crippen molar-refractivity contribution in [3.05, 3.63) is 59.7 Å². The molecule has 1 amide bonds. The van der Waals surface area contributed by atoms with E-state index in [9.17, 15) is 26.9 Å². The van der Waals surface area contributed by atoms with Crippen LogP contribution < -0.4 is 14.2 Å². The third-order valence-corrected chi connectivity index (χ3v) is 7.82. The first-order valence-corrected chi connectivity index (χ1v) is 13.3. The molecule has 3 rings (SSSR count). The van der Waals surface area contributed by atoms with E-state index in [2.05, 4.69) is 15.5 Å². The number of anilines is 1. The molecule has 176 valence electrons. The van der Waals surface area contributed by atoms with Crippen molar-refractivity contribution in [3.63, 3.8) is 0 Å². The van der Waals surface area contributed by atoms with Gasteiger partial charge in [-0.25, -0.2) is 8.42 Å². The first kappa shape index (κ1) is 24.8. The number of nitrogens with zero attached hydrogens (tertiary/aromatic N) is 3. The molecule has 0 fully saturated rings. The predicted octanol–water partition coefficient (Wildman–Crippen LogP) is 2.26. The van der Waals surface area contributed by atoms with E-state index in [0.29, 0.717) is 22.6 Å². The van der Waals surface area contributed by atoms with Crippen molar-refractivity contribution in [2.45, 2.75) is 9.24 Å². The van der Waals surface area contributed by atoms with Crippen LogP contribution in [0.3, 0.4) is 0 Å². The number of sulfone groups is 1. The molecule has 0 atom stereocenters. The number of carbonyl (C=O) groups excluding carboxylic acids is 1. The number of rotatable bonds is 8. The summed E-state index contributed by atoms with van der Waals surface area (Å²) in [6.45, 7) is 0. The van der Waals surface area contributed by atoms with Gasteiger partial charge in [0.25, 0.3) is 5.91 Å². The summed E-state index contributed by atoms with van der Waals surface area (Å²) in [5.74, 6) is -0.298. The van der Waals surface area contributed by atoms with Gasteiger partial charge in [0.05, 0.1) is 7.11 Å². The largest absolute Gasteiger partial charge is 0.497 e. The summed E-state index contributed by atoms with van der Waals surface area (Å²) < 4.78 is 57.6. The van der Waals surface area contributed by atoms with Gasteiger partial charge in [-0.1, -0.05) is 23.5 Å². The first-order chi connectivity index (χ1) is 16.0. The van der Waals surface area contributed by atoms with Crippen LogP contribution in [-0.4, -0.2) is 46.3 Å². The molecule has 0 spiro atoms. The number of nitriles is 1. The molecule has 14 heteroatoms. The molecule has 0 saturated carbocycles. The van der Waals surface area contributed by atoms with Crippen LogP contribution in [0.2, 0.25) is 0 Å². The Morgan fingerprint density at radius 1 is 1.03 bits per heavy atom. The van der Waals surface area contributed by atoms with Gasteiger partial charge >= 0.3 is 10.1 Å². The van der Waals surface area contributed by atoms with Crippen LogP contribution >= 0.6 is 11.3 Å². The minimum absolute atomic E-state index is 0.0260. The summed E-state index contributed by atoms with van der Waals surface area (Å²) in [5, 5.41) is 18.6. The highest BCUT2D eigenvalue weighted by Crippen LogP contribution is 2.23. The molecule has 3 aromatic rings. The SMILES string of the molecule is COc1ccc(S(=O)(=O)Oc2ccc(/C=C(/C#N)C(=O)Nc3nnc(S(C)(=O)=O)s3)cc2)cc1. The third-order valence-electron chi connectivity index (χ3n) is 4.05. The number of methoxy groups -OCH3 is 1. The van der Waals surface area contributed by atoms with Crippen LogP contribution in [0, 0.1) is 11.3 Å². The van der Waals surface area contributed by atoms with E-state index in [1.165, 1.54) is 61.7 Å².